The number of alkyl halides is 4. The first-order valence-electron chi connectivity index (χ1n) is 16.7. The summed E-state index contributed by atoms with van der Waals surface area (Å²) in [6.07, 6.45) is 6.84. The predicted octanol–water partition coefficient (Wildman–Crippen LogP) is 6.23. The van der Waals surface area contributed by atoms with Crippen molar-refractivity contribution in [2.75, 3.05) is 38.1 Å². The molecule has 2 aromatic heterocycles. The number of rotatable bonds is 5. The Labute approximate surface area is 278 Å². The Bertz CT molecular complexity index is 1720. The van der Waals surface area contributed by atoms with Crippen LogP contribution in [0.3, 0.4) is 0 Å². The summed E-state index contributed by atoms with van der Waals surface area (Å²) in [5, 5.41) is 18.6. The van der Waals surface area contributed by atoms with Crippen LogP contribution in [0.5, 0.6) is 0 Å². The molecular weight excluding hydrogens is 623 g/mol. The number of likely N-dealkylation sites (tertiary alicyclic amines) is 1. The van der Waals surface area contributed by atoms with Crippen molar-refractivity contribution in [3.05, 3.63) is 58.7 Å². The number of hydrogen-bond acceptors (Lipinski definition) is 7. The first kappa shape index (κ1) is 33.8. The molecule has 6 heterocycles. The number of likely N-dealkylation sites (N-methyl/N-ethyl adjacent to an activating group) is 1. The largest absolute Gasteiger partial charge is 0.370 e. The van der Waals surface area contributed by atoms with Crippen molar-refractivity contribution in [3.63, 3.8) is 0 Å². The molecule has 0 spiro atoms. The molecule has 14 heteroatoms. The van der Waals surface area contributed by atoms with E-state index in [1.165, 1.54) is 6.92 Å². The third-order valence-electron chi connectivity index (χ3n) is 9.94. The summed E-state index contributed by atoms with van der Waals surface area (Å²) in [5.74, 6) is -0.182. The highest BCUT2D eigenvalue weighted by atomic mass is 19.3. The van der Waals surface area contributed by atoms with E-state index >= 15 is 0 Å². The van der Waals surface area contributed by atoms with E-state index in [0.717, 1.165) is 60.4 Å². The van der Waals surface area contributed by atoms with Gasteiger partial charge in [-0.15, -0.1) is 0 Å². The van der Waals surface area contributed by atoms with Gasteiger partial charge in [-0.2, -0.15) is 10.2 Å². The SMILES string of the molecule is CC=O.CN1CCc2c(c(N3CCCc4cc(-c5cnn(C)c5)c(C(F)F)cc43)nn2C2CCN(C3=CCB(C#N)CC3(F)F)CC2)C1. The van der Waals surface area contributed by atoms with Crippen LogP contribution in [0.2, 0.25) is 12.6 Å². The summed E-state index contributed by atoms with van der Waals surface area (Å²) in [7, 11) is 3.86. The number of allylic oxidation sites excluding steroid dienone is 2. The van der Waals surface area contributed by atoms with Gasteiger partial charge >= 0.3 is 0 Å². The lowest BCUT2D eigenvalue weighted by molar-refractivity contribution is -0.106. The second-order valence-corrected chi connectivity index (χ2v) is 13.2. The minimum absolute atomic E-state index is 0.0126. The van der Waals surface area contributed by atoms with Crippen LogP contribution < -0.4 is 4.90 Å². The highest BCUT2D eigenvalue weighted by Crippen LogP contribution is 2.44. The molecular formula is C34H41BF4N8O. The lowest BCUT2D eigenvalue weighted by Crippen LogP contribution is -2.43. The van der Waals surface area contributed by atoms with Crippen molar-refractivity contribution in [1.82, 2.24) is 29.4 Å². The zero-order valence-corrected chi connectivity index (χ0v) is 27.7. The van der Waals surface area contributed by atoms with Crippen LogP contribution in [0.1, 0.15) is 61.0 Å². The van der Waals surface area contributed by atoms with E-state index < -0.39 is 25.4 Å². The molecule has 0 atom stereocenters. The van der Waals surface area contributed by atoms with Gasteiger partial charge in [0, 0.05) is 92.7 Å². The van der Waals surface area contributed by atoms with Gasteiger partial charge in [-0.05, 0) is 69.2 Å². The lowest BCUT2D eigenvalue weighted by atomic mass is 9.43. The molecule has 0 amide bonds. The average Bonchev–Trinajstić information content (AvgIpc) is 3.67. The average molecular weight is 665 g/mol. The summed E-state index contributed by atoms with van der Waals surface area (Å²) in [6.45, 7) is 4.07. The molecule has 254 valence electrons. The van der Waals surface area contributed by atoms with Gasteiger partial charge in [0.05, 0.1) is 17.9 Å². The van der Waals surface area contributed by atoms with Crippen LogP contribution in [-0.4, -0.2) is 81.5 Å². The zero-order chi connectivity index (χ0) is 34.2. The maximum absolute atomic E-state index is 15.0. The molecule has 7 rings (SSSR count). The standard InChI is InChI=1S/C32H37BF4N8.C2H4O/c1-41-11-8-27-26(18-41)31(40-45(27)23-6-12-43(13-7-23)29-5-9-33(20-38)19-32(29,36)37)44-10-3-4-21-14-24(22-16-39-42(2)17-22)25(30(34)35)15-28(21)44;1-2-3/h5,14-17,23,30H,3-4,6-13,18-19H2,1-2H3;2H,1H3. The normalized spacial score (nSPS) is 19.6. The van der Waals surface area contributed by atoms with Crippen molar-refractivity contribution < 1.29 is 22.4 Å². The molecule has 0 saturated carbocycles. The lowest BCUT2D eigenvalue weighted by Gasteiger charge is -2.40. The summed E-state index contributed by atoms with van der Waals surface area (Å²) in [5.41, 5.74) is 5.32. The smallest absolute Gasteiger partial charge is 0.281 e. The number of hydrogen-bond donors (Lipinski definition) is 0. The number of aryl methyl sites for hydroxylation is 2. The van der Waals surface area contributed by atoms with Crippen molar-refractivity contribution in [2.24, 2.45) is 7.05 Å². The molecule has 0 bridgehead atoms. The second kappa shape index (κ2) is 13.8. The van der Waals surface area contributed by atoms with Gasteiger partial charge in [0.2, 0.25) is 0 Å². The molecule has 0 N–H and O–H groups in total. The highest BCUT2D eigenvalue weighted by molar-refractivity contribution is 6.67. The topological polar surface area (TPSA) is 86.2 Å². The third kappa shape index (κ3) is 6.49. The number of anilines is 2. The van der Waals surface area contributed by atoms with Gasteiger partial charge in [-0.25, -0.2) is 22.8 Å². The number of aromatic nitrogens is 4. The Morgan fingerprint density at radius 1 is 1.12 bits per heavy atom. The molecule has 1 aromatic carbocycles. The van der Waals surface area contributed by atoms with E-state index in [1.54, 1.807) is 41.2 Å². The number of carbonyl (C=O) groups is 1. The molecule has 9 nitrogen and oxygen atoms in total. The Kier molecular flexibility index (Phi) is 9.70. The van der Waals surface area contributed by atoms with E-state index in [9.17, 15) is 17.6 Å². The molecule has 1 fully saturated rings. The first-order chi connectivity index (χ1) is 23.0. The maximum Gasteiger partial charge on any atom is 0.281 e. The van der Waals surface area contributed by atoms with Crippen LogP contribution in [0.25, 0.3) is 11.1 Å². The fraction of sp³-hybridized carbons (Fsp3) is 0.529. The van der Waals surface area contributed by atoms with Crippen LogP contribution in [0.15, 0.2) is 36.3 Å². The molecule has 4 aliphatic heterocycles. The highest BCUT2D eigenvalue weighted by Gasteiger charge is 2.45. The molecule has 3 aromatic rings. The van der Waals surface area contributed by atoms with Gasteiger partial charge in [-0.1, -0.05) is 6.08 Å². The zero-order valence-electron chi connectivity index (χ0n) is 27.7. The summed E-state index contributed by atoms with van der Waals surface area (Å²) in [4.78, 5) is 15.0. The summed E-state index contributed by atoms with van der Waals surface area (Å²) >= 11 is 0. The van der Waals surface area contributed by atoms with E-state index in [-0.39, 0.29) is 17.3 Å². The van der Waals surface area contributed by atoms with Crippen molar-refractivity contribution in [3.8, 4) is 17.1 Å². The third-order valence-corrected chi connectivity index (χ3v) is 9.94. The van der Waals surface area contributed by atoms with Crippen LogP contribution >= 0.6 is 0 Å². The Balaban J connectivity index is 0.00000129. The number of fused-ring (bicyclic) bond motifs is 2. The Morgan fingerprint density at radius 2 is 1.88 bits per heavy atom. The quantitative estimate of drug-likeness (QED) is 0.182. The molecule has 0 radical (unpaired) electrons. The van der Waals surface area contributed by atoms with Gasteiger partial charge in [0.15, 0.2) is 5.82 Å². The van der Waals surface area contributed by atoms with E-state index in [2.05, 4.69) is 26.6 Å². The Hall–Kier alpha value is -4.12. The maximum atomic E-state index is 15.0. The van der Waals surface area contributed by atoms with Gasteiger partial charge in [0.1, 0.15) is 6.29 Å². The van der Waals surface area contributed by atoms with Gasteiger partial charge in [0.25, 0.3) is 19.1 Å². The van der Waals surface area contributed by atoms with Gasteiger partial charge in [-0.3, -0.25) is 9.36 Å². The predicted molar refractivity (Wildman–Crippen MR) is 177 cm³/mol. The Morgan fingerprint density at radius 3 is 2.52 bits per heavy atom. The molecule has 0 aliphatic carbocycles. The van der Waals surface area contributed by atoms with Crippen molar-refractivity contribution >= 4 is 24.5 Å². The molecule has 48 heavy (non-hydrogen) atoms. The van der Waals surface area contributed by atoms with Crippen LogP contribution in [0, 0.1) is 11.2 Å². The number of nitriles is 1. The number of aldehydes is 1. The molecule has 4 aliphatic rings. The fourth-order valence-corrected chi connectivity index (χ4v) is 7.65. The molecule has 1 saturated heterocycles. The van der Waals surface area contributed by atoms with Gasteiger partial charge < -0.3 is 19.5 Å². The molecule has 0 unspecified atom stereocenters. The van der Waals surface area contributed by atoms with E-state index in [1.807, 2.05) is 12.0 Å². The number of nitrogens with zero attached hydrogens (tertiary/aromatic N) is 8. The van der Waals surface area contributed by atoms with E-state index in [0.29, 0.717) is 56.5 Å². The van der Waals surface area contributed by atoms with E-state index in [4.69, 9.17) is 15.2 Å². The van der Waals surface area contributed by atoms with Crippen LogP contribution in [-0.2, 0) is 31.2 Å². The van der Waals surface area contributed by atoms with Crippen molar-refractivity contribution in [2.45, 2.75) is 76.6 Å². The minimum Gasteiger partial charge on any atom is -0.370 e. The first-order valence-corrected chi connectivity index (χ1v) is 16.7. The summed E-state index contributed by atoms with van der Waals surface area (Å²) in [6, 6.07) is 3.61. The number of halogens is 4. The number of carbonyl (C=O) groups excluding carboxylic acids is 1. The number of piperidine rings is 1. The fourth-order valence-electron chi connectivity index (χ4n) is 7.65. The van der Waals surface area contributed by atoms with Crippen molar-refractivity contribution in [1.29, 1.82) is 5.26 Å². The van der Waals surface area contributed by atoms with Crippen LogP contribution in [0.4, 0.5) is 29.1 Å². The number of benzene rings is 1. The minimum atomic E-state index is -3.00. The monoisotopic (exact) mass is 664 g/mol. The summed E-state index contributed by atoms with van der Waals surface area (Å²) < 4.78 is 62.7. The second-order valence-electron chi connectivity index (χ2n) is 13.2.